The van der Waals surface area contributed by atoms with E-state index in [9.17, 15) is 4.79 Å². The molecule has 0 N–H and O–H groups in total. The lowest BCUT2D eigenvalue weighted by atomic mass is 9.77. The molecule has 2 aliphatic rings. The minimum Gasteiger partial charge on any atom is -0.423 e. The largest absolute Gasteiger partial charge is 0.423 e. The van der Waals surface area contributed by atoms with Crippen LogP contribution in [-0.2, 0) is 0 Å². The second kappa shape index (κ2) is 13.3. The second-order valence-electron chi connectivity index (χ2n) is 11.3. The van der Waals surface area contributed by atoms with E-state index in [1.807, 2.05) is 24.3 Å². The SMILES string of the molecule is CCCCCC1CCC(c2ccc(C(=O)Oc3ccc(C4CCC(CCC)CC4)cc3)cc2)CC1. The average Bonchev–Trinajstić information content (AvgIpc) is 2.90. The summed E-state index contributed by atoms with van der Waals surface area (Å²) in [5, 5.41) is 0. The lowest BCUT2D eigenvalue weighted by Crippen LogP contribution is -2.14. The van der Waals surface area contributed by atoms with Crippen LogP contribution in [-0.4, -0.2) is 5.97 Å². The molecular weight excluding hydrogens is 428 g/mol. The average molecular weight is 475 g/mol. The van der Waals surface area contributed by atoms with Crippen molar-refractivity contribution < 1.29 is 9.53 Å². The zero-order valence-electron chi connectivity index (χ0n) is 22.1. The number of carbonyl (C=O) groups excluding carboxylic acids is 1. The highest BCUT2D eigenvalue weighted by molar-refractivity contribution is 5.91. The van der Waals surface area contributed by atoms with Gasteiger partial charge in [0.2, 0.25) is 0 Å². The highest BCUT2D eigenvalue weighted by Crippen LogP contribution is 2.39. The molecule has 0 radical (unpaired) electrons. The van der Waals surface area contributed by atoms with Crippen molar-refractivity contribution in [2.75, 3.05) is 0 Å². The first-order valence-corrected chi connectivity index (χ1v) is 14.6. The van der Waals surface area contributed by atoms with Gasteiger partial charge in [-0.2, -0.15) is 0 Å². The number of hydrogen-bond acceptors (Lipinski definition) is 2. The van der Waals surface area contributed by atoms with Gasteiger partial charge in [-0.15, -0.1) is 0 Å². The molecule has 2 heteroatoms. The molecule has 0 amide bonds. The monoisotopic (exact) mass is 474 g/mol. The van der Waals surface area contributed by atoms with Gasteiger partial charge < -0.3 is 4.74 Å². The molecule has 190 valence electrons. The van der Waals surface area contributed by atoms with Gasteiger partial charge in [-0.05, 0) is 110 Å². The van der Waals surface area contributed by atoms with E-state index in [1.54, 1.807) is 0 Å². The molecule has 0 aromatic heterocycles. The van der Waals surface area contributed by atoms with E-state index in [0.717, 1.165) is 11.8 Å². The van der Waals surface area contributed by atoms with Crippen LogP contribution in [0.4, 0.5) is 0 Å². The van der Waals surface area contributed by atoms with Crippen LogP contribution in [0.2, 0.25) is 0 Å². The smallest absolute Gasteiger partial charge is 0.343 e. The van der Waals surface area contributed by atoms with E-state index in [1.165, 1.54) is 101 Å². The fourth-order valence-corrected chi connectivity index (χ4v) is 6.53. The Morgan fingerprint density at radius 2 is 1.17 bits per heavy atom. The summed E-state index contributed by atoms with van der Waals surface area (Å²) in [6.07, 6.45) is 18.7. The van der Waals surface area contributed by atoms with Crippen molar-refractivity contribution >= 4 is 5.97 Å². The first-order valence-electron chi connectivity index (χ1n) is 14.6. The standard InChI is InChI=1S/C33H46O2/c1-3-5-6-8-26-11-15-27(16-12-26)29-17-19-31(20-18-29)33(34)35-32-23-21-30(22-24-32)28-13-9-25(7-4-2)10-14-28/h17-28H,3-16H2,1-2H3. The van der Waals surface area contributed by atoms with Gasteiger partial charge in [-0.1, -0.05) is 76.6 Å². The summed E-state index contributed by atoms with van der Waals surface area (Å²) in [6.45, 7) is 4.58. The van der Waals surface area contributed by atoms with Crippen molar-refractivity contribution in [3.63, 3.8) is 0 Å². The third-order valence-electron chi connectivity index (χ3n) is 8.79. The van der Waals surface area contributed by atoms with Crippen molar-refractivity contribution in [2.24, 2.45) is 11.8 Å². The predicted molar refractivity (Wildman–Crippen MR) is 146 cm³/mol. The molecule has 0 aliphatic heterocycles. The molecule has 2 fully saturated rings. The van der Waals surface area contributed by atoms with E-state index < -0.39 is 0 Å². The summed E-state index contributed by atoms with van der Waals surface area (Å²) in [4.78, 5) is 12.7. The Balaban J connectivity index is 1.24. The molecule has 0 spiro atoms. The molecule has 0 unspecified atom stereocenters. The molecule has 0 saturated heterocycles. The zero-order chi connectivity index (χ0) is 24.5. The van der Waals surface area contributed by atoms with Gasteiger partial charge in [0.1, 0.15) is 5.75 Å². The summed E-state index contributed by atoms with van der Waals surface area (Å²) < 4.78 is 5.70. The van der Waals surface area contributed by atoms with Crippen LogP contribution in [0, 0.1) is 11.8 Å². The lowest BCUT2D eigenvalue weighted by molar-refractivity contribution is 0.0734. The first kappa shape index (κ1) is 26.0. The van der Waals surface area contributed by atoms with Crippen LogP contribution >= 0.6 is 0 Å². The summed E-state index contributed by atoms with van der Waals surface area (Å²) >= 11 is 0. The Bertz CT molecular complexity index is 882. The zero-order valence-corrected chi connectivity index (χ0v) is 22.1. The van der Waals surface area contributed by atoms with Crippen molar-refractivity contribution in [3.05, 3.63) is 65.2 Å². The third-order valence-corrected chi connectivity index (χ3v) is 8.79. The van der Waals surface area contributed by atoms with E-state index in [-0.39, 0.29) is 5.97 Å². The van der Waals surface area contributed by atoms with Gasteiger partial charge in [0.15, 0.2) is 0 Å². The van der Waals surface area contributed by atoms with Crippen molar-refractivity contribution in [2.45, 2.75) is 116 Å². The summed E-state index contributed by atoms with van der Waals surface area (Å²) in [5.41, 5.74) is 3.41. The van der Waals surface area contributed by atoms with Gasteiger partial charge in [0, 0.05) is 0 Å². The minimum absolute atomic E-state index is 0.260. The van der Waals surface area contributed by atoms with Crippen LogP contribution in [0.1, 0.15) is 137 Å². The quantitative estimate of drug-likeness (QED) is 0.194. The summed E-state index contributed by atoms with van der Waals surface area (Å²) in [6, 6.07) is 16.5. The molecule has 0 atom stereocenters. The molecule has 2 nitrogen and oxygen atoms in total. The number of hydrogen-bond donors (Lipinski definition) is 0. The number of benzene rings is 2. The maximum Gasteiger partial charge on any atom is 0.343 e. The van der Waals surface area contributed by atoms with Crippen LogP contribution in [0.25, 0.3) is 0 Å². The summed E-state index contributed by atoms with van der Waals surface area (Å²) in [7, 11) is 0. The Hall–Kier alpha value is -2.09. The topological polar surface area (TPSA) is 26.3 Å². The van der Waals surface area contributed by atoms with Crippen LogP contribution < -0.4 is 4.74 Å². The number of ether oxygens (including phenoxy) is 1. The van der Waals surface area contributed by atoms with Crippen LogP contribution in [0.15, 0.2) is 48.5 Å². The molecule has 0 heterocycles. The maximum absolute atomic E-state index is 12.7. The fourth-order valence-electron chi connectivity index (χ4n) is 6.53. The molecule has 2 saturated carbocycles. The lowest BCUT2D eigenvalue weighted by Gasteiger charge is -2.29. The number of esters is 1. The van der Waals surface area contributed by atoms with E-state index in [4.69, 9.17) is 4.74 Å². The molecule has 35 heavy (non-hydrogen) atoms. The highest BCUT2D eigenvalue weighted by atomic mass is 16.5. The Morgan fingerprint density at radius 1 is 0.657 bits per heavy atom. The predicted octanol–water partition coefficient (Wildman–Crippen LogP) is 9.83. The van der Waals surface area contributed by atoms with E-state index in [0.29, 0.717) is 23.1 Å². The molecule has 2 aromatic rings. The van der Waals surface area contributed by atoms with Gasteiger partial charge in [-0.3, -0.25) is 0 Å². The molecule has 2 aliphatic carbocycles. The Labute approximate surface area is 213 Å². The summed E-state index contributed by atoms with van der Waals surface area (Å²) in [5.74, 6) is 3.54. The fraction of sp³-hybridized carbons (Fsp3) is 0.606. The Morgan fingerprint density at radius 3 is 1.69 bits per heavy atom. The van der Waals surface area contributed by atoms with Crippen molar-refractivity contribution in [1.82, 2.24) is 0 Å². The van der Waals surface area contributed by atoms with Crippen molar-refractivity contribution in [3.8, 4) is 5.75 Å². The maximum atomic E-state index is 12.7. The second-order valence-corrected chi connectivity index (χ2v) is 11.3. The number of rotatable bonds is 10. The van der Waals surface area contributed by atoms with Gasteiger partial charge in [0.25, 0.3) is 0 Å². The number of carbonyl (C=O) groups is 1. The van der Waals surface area contributed by atoms with Crippen LogP contribution in [0.5, 0.6) is 5.75 Å². The normalized spacial score (nSPS) is 24.7. The van der Waals surface area contributed by atoms with Crippen molar-refractivity contribution in [1.29, 1.82) is 0 Å². The molecular formula is C33H46O2. The van der Waals surface area contributed by atoms with Crippen LogP contribution in [0.3, 0.4) is 0 Å². The van der Waals surface area contributed by atoms with E-state index in [2.05, 4.69) is 38.1 Å². The molecule has 2 aromatic carbocycles. The number of unbranched alkanes of at least 4 members (excludes halogenated alkanes) is 2. The van der Waals surface area contributed by atoms with Gasteiger partial charge >= 0.3 is 5.97 Å². The third kappa shape index (κ3) is 7.45. The first-order chi connectivity index (χ1) is 17.2. The molecule has 4 rings (SSSR count). The highest BCUT2D eigenvalue weighted by Gasteiger charge is 2.23. The molecule has 0 bridgehead atoms. The minimum atomic E-state index is -0.260. The van der Waals surface area contributed by atoms with Gasteiger partial charge in [0.05, 0.1) is 5.56 Å². The Kier molecular flexibility index (Phi) is 9.86. The van der Waals surface area contributed by atoms with Gasteiger partial charge in [-0.25, -0.2) is 4.79 Å². The van der Waals surface area contributed by atoms with E-state index >= 15 is 0 Å².